The van der Waals surface area contributed by atoms with Crippen molar-refractivity contribution >= 4 is 103 Å². The molecule has 50 heavy (non-hydrogen) atoms. The van der Waals surface area contributed by atoms with Crippen molar-refractivity contribution in [3.63, 3.8) is 0 Å². The molecule has 4 heteroatoms. The summed E-state index contributed by atoms with van der Waals surface area (Å²) in [5, 5.41) is 9.62. The van der Waals surface area contributed by atoms with Crippen molar-refractivity contribution < 1.29 is 4.42 Å². The Labute approximate surface area is 291 Å². The van der Waals surface area contributed by atoms with E-state index >= 15 is 0 Å². The molecular weight excluding hydrogens is 629 g/mol. The van der Waals surface area contributed by atoms with Gasteiger partial charge in [0.1, 0.15) is 5.58 Å². The van der Waals surface area contributed by atoms with E-state index < -0.39 is 0 Å². The first kappa shape index (κ1) is 27.6. The first-order valence-corrected chi connectivity index (χ1v) is 17.7. The third-order valence-electron chi connectivity index (χ3n) is 10.1. The monoisotopic (exact) mass is 656 g/mol. The van der Waals surface area contributed by atoms with E-state index in [2.05, 4.69) is 179 Å². The molecule has 0 unspecified atom stereocenters. The fourth-order valence-electron chi connectivity index (χ4n) is 7.91. The van der Waals surface area contributed by atoms with Crippen LogP contribution in [0.25, 0.3) is 80.4 Å². The zero-order valence-electron chi connectivity index (χ0n) is 26.9. The summed E-state index contributed by atoms with van der Waals surface area (Å²) < 4.78 is 11.8. The maximum atomic E-state index is 6.87. The molecular formula is C46H28N2OS. The Kier molecular flexibility index (Phi) is 5.83. The van der Waals surface area contributed by atoms with Crippen LogP contribution >= 0.6 is 11.3 Å². The molecule has 0 fully saturated rings. The third kappa shape index (κ3) is 3.97. The van der Waals surface area contributed by atoms with Gasteiger partial charge in [0, 0.05) is 48.4 Å². The van der Waals surface area contributed by atoms with Crippen molar-refractivity contribution in [1.82, 2.24) is 4.57 Å². The van der Waals surface area contributed by atoms with Gasteiger partial charge in [-0.05, 0) is 71.4 Å². The van der Waals surface area contributed by atoms with E-state index in [0.29, 0.717) is 0 Å². The summed E-state index contributed by atoms with van der Waals surface area (Å²) in [5.41, 5.74) is 8.46. The van der Waals surface area contributed by atoms with Gasteiger partial charge in [0.25, 0.3) is 0 Å². The molecule has 3 nitrogen and oxygen atoms in total. The lowest BCUT2D eigenvalue weighted by atomic mass is 10.0. The molecule has 11 rings (SSSR count). The van der Waals surface area contributed by atoms with E-state index in [1.54, 1.807) is 0 Å². The molecule has 3 heterocycles. The molecule has 0 aliphatic carbocycles. The summed E-state index contributed by atoms with van der Waals surface area (Å²) in [7, 11) is 0. The molecule has 11 aromatic rings. The first-order chi connectivity index (χ1) is 24.8. The van der Waals surface area contributed by atoms with E-state index in [4.69, 9.17) is 4.42 Å². The van der Waals surface area contributed by atoms with Gasteiger partial charge >= 0.3 is 0 Å². The van der Waals surface area contributed by atoms with Crippen LogP contribution < -0.4 is 4.90 Å². The number of furan rings is 1. The summed E-state index contributed by atoms with van der Waals surface area (Å²) in [6.07, 6.45) is 0. The summed E-state index contributed by atoms with van der Waals surface area (Å²) >= 11 is 1.85. The van der Waals surface area contributed by atoms with Crippen molar-refractivity contribution in [3.05, 3.63) is 170 Å². The highest BCUT2D eigenvalue weighted by Gasteiger charge is 2.24. The van der Waals surface area contributed by atoms with Gasteiger partial charge in [-0.3, -0.25) is 0 Å². The second kappa shape index (κ2) is 10.6. The number of hydrogen-bond donors (Lipinski definition) is 0. The minimum Gasteiger partial charge on any atom is -0.454 e. The largest absolute Gasteiger partial charge is 0.454 e. The number of anilines is 3. The molecule has 3 aromatic heterocycles. The van der Waals surface area contributed by atoms with Crippen LogP contribution in [0, 0.1) is 0 Å². The second-order valence-corrected chi connectivity index (χ2v) is 14.0. The van der Waals surface area contributed by atoms with Gasteiger partial charge < -0.3 is 13.9 Å². The summed E-state index contributed by atoms with van der Waals surface area (Å²) in [6, 6.07) is 61.2. The van der Waals surface area contributed by atoms with Gasteiger partial charge in [-0.25, -0.2) is 0 Å². The van der Waals surface area contributed by atoms with Crippen molar-refractivity contribution in [2.45, 2.75) is 0 Å². The third-order valence-corrected chi connectivity index (χ3v) is 11.3. The average Bonchev–Trinajstić information content (AvgIpc) is 3.84. The van der Waals surface area contributed by atoms with E-state index in [0.717, 1.165) is 50.2 Å². The fourth-order valence-corrected chi connectivity index (χ4v) is 9.12. The fraction of sp³-hybridized carbons (Fsp3) is 0. The summed E-state index contributed by atoms with van der Waals surface area (Å²) in [6.45, 7) is 0. The quantitative estimate of drug-likeness (QED) is 0.188. The summed E-state index contributed by atoms with van der Waals surface area (Å²) in [4.78, 5) is 2.41. The molecule has 0 amide bonds. The number of rotatable bonds is 4. The maximum absolute atomic E-state index is 6.87. The van der Waals surface area contributed by atoms with Crippen LogP contribution in [0.3, 0.4) is 0 Å². The van der Waals surface area contributed by atoms with Gasteiger partial charge in [-0.1, -0.05) is 109 Å². The van der Waals surface area contributed by atoms with Crippen LogP contribution in [0.2, 0.25) is 0 Å². The molecule has 0 aliphatic heterocycles. The van der Waals surface area contributed by atoms with Gasteiger partial charge in [0.2, 0.25) is 0 Å². The lowest BCUT2D eigenvalue weighted by molar-refractivity contribution is 0.669. The topological polar surface area (TPSA) is 21.3 Å². The highest BCUT2D eigenvalue weighted by molar-refractivity contribution is 7.26. The van der Waals surface area contributed by atoms with Crippen LogP contribution in [-0.4, -0.2) is 4.57 Å². The predicted molar refractivity (Wildman–Crippen MR) is 213 cm³/mol. The smallest absolute Gasteiger partial charge is 0.159 e. The van der Waals surface area contributed by atoms with Crippen molar-refractivity contribution in [2.24, 2.45) is 0 Å². The molecule has 8 aromatic carbocycles. The molecule has 0 saturated heterocycles. The van der Waals surface area contributed by atoms with Crippen LogP contribution in [0.1, 0.15) is 0 Å². The van der Waals surface area contributed by atoms with Gasteiger partial charge in [0.15, 0.2) is 5.58 Å². The molecule has 0 aliphatic rings. The molecule has 0 N–H and O–H groups in total. The predicted octanol–water partition coefficient (Wildman–Crippen LogP) is 13.7. The number of hydrogen-bond acceptors (Lipinski definition) is 3. The molecule has 0 atom stereocenters. The van der Waals surface area contributed by atoms with Gasteiger partial charge in [-0.15, -0.1) is 11.3 Å². The van der Waals surface area contributed by atoms with Crippen LogP contribution in [0.5, 0.6) is 0 Å². The minimum absolute atomic E-state index is 0.875. The number of benzene rings is 8. The Balaban J connectivity index is 1.24. The van der Waals surface area contributed by atoms with E-state index in [9.17, 15) is 0 Å². The molecule has 234 valence electrons. The molecule has 0 bridgehead atoms. The number of fused-ring (bicyclic) bond motifs is 10. The standard InChI is InChI=1S/C46H28N2OS/c1-2-14-31(15-3-1)47-39-20-8-6-16-33(39)34-25-24-32(28-42(34)47)48(41-22-11-19-37-35-17-7-9-23-44(35)50-46(37)41)40-21-10-18-36-38-26-29-12-4-5-13-30(29)27-43(38)49-45(36)40/h1-28H. The number of para-hydroxylation sites is 3. The van der Waals surface area contributed by atoms with Gasteiger partial charge in [-0.2, -0.15) is 0 Å². The molecule has 0 saturated carbocycles. The van der Waals surface area contributed by atoms with Crippen molar-refractivity contribution in [2.75, 3.05) is 4.90 Å². The van der Waals surface area contributed by atoms with Crippen molar-refractivity contribution in [3.8, 4) is 5.69 Å². The van der Waals surface area contributed by atoms with Crippen LogP contribution in [-0.2, 0) is 0 Å². The number of thiophene rings is 1. The SMILES string of the molecule is c1ccc(-n2c3ccccc3c3ccc(N(c4cccc5c4oc4cc6ccccc6cc45)c4cccc5c4sc4ccccc45)cc32)cc1. The van der Waals surface area contributed by atoms with Crippen molar-refractivity contribution in [1.29, 1.82) is 0 Å². The Morgan fingerprint density at radius 1 is 0.460 bits per heavy atom. The Morgan fingerprint density at radius 2 is 1.14 bits per heavy atom. The van der Waals surface area contributed by atoms with Crippen LogP contribution in [0.4, 0.5) is 17.1 Å². The average molecular weight is 657 g/mol. The summed E-state index contributed by atoms with van der Waals surface area (Å²) in [5.74, 6) is 0. The zero-order valence-corrected chi connectivity index (χ0v) is 27.7. The lowest BCUT2D eigenvalue weighted by Gasteiger charge is -2.26. The van der Waals surface area contributed by atoms with Crippen LogP contribution in [0.15, 0.2) is 174 Å². The van der Waals surface area contributed by atoms with E-state index in [-0.39, 0.29) is 0 Å². The Bertz CT molecular complexity index is 3110. The highest BCUT2D eigenvalue weighted by atomic mass is 32.1. The second-order valence-electron chi connectivity index (χ2n) is 12.9. The van der Waals surface area contributed by atoms with E-state index in [1.807, 2.05) is 11.3 Å². The zero-order chi connectivity index (χ0) is 32.8. The Hall–Kier alpha value is -6.36. The first-order valence-electron chi connectivity index (χ1n) is 16.9. The molecule has 0 radical (unpaired) electrons. The minimum atomic E-state index is 0.875. The number of aromatic nitrogens is 1. The normalized spacial score (nSPS) is 12.0. The number of nitrogens with zero attached hydrogens (tertiary/aromatic N) is 2. The van der Waals surface area contributed by atoms with E-state index in [1.165, 1.54) is 47.2 Å². The maximum Gasteiger partial charge on any atom is 0.159 e. The lowest BCUT2D eigenvalue weighted by Crippen LogP contribution is -2.10. The Morgan fingerprint density at radius 3 is 2.02 bits per heavy atom. The molecule has 0 spiro atoms. The van der Waals surface area contributed by atoms with Gasteiger partial charge in [0.05, 0.1) is 27.1 Å². The highest BCUT2D eigenvalue weighted by Crippen LogP contribution is 2.48.